The summed E-state index contributed by atoms with van der Waals surface area (Å²) in [6, 6.07) is 1.32. The molecule has 9 heteroatoms. The highest BCUT2D eigenvalue weighted by atomic mass is 16.2. The number of amides is 3. The number of aromatic nitrogens is 1. The monoisotopic (exact) mass is 415 g/mol. The molecule has 2 aliphatic rings. The Morgan fingerprint density at radius 1 is 1.27 bits per heavy atom. The van der Waals surface area contributed by atoms with Crippen LogP contribution >= 0.6 is 0 Å². The number of pyridine rings is 1. The van der Waals surface area contributed by atoms with Gasteiger partial charge in [0, 0.05) is 18.8 Å². The second kappa shape index (κ2) is 9.69. The average Bonchev–Trinajstić information content (AvgIpc) is 3.22. The molecule has 9 nitrogen and oxygen atoms in total. The van der Waals surface area contributed by atoms with E-state index in [1.54, 1.807) is 11.0 Å². The van der Waals surface area contributed by atoms with E-state index in [2.05, 4.69) is 22.5 Å². The quantitative estimate of drug-likeness (QED) is 0.432. The number of nitrogens with one attached hydrogen (secondary N) is 2. The van der Waals surface area contributed by atoms with E-state index in [0.29, 0.717) is 30.1 Å². The van der Waals surface area contributed by atoms with Crippen molar-refractivity contribution in [1.29, 1.82) is 0 Å². The highest BCUT2D eigenvalue weighted by Gasteiger charge is 2.35. The van der Waals surface area contributed by atoms with Crippen molar-refractivity contribution in [2.45, 2.75) is 57.5 Å². The Bertz CT molecular complexity index is 827. The van der Waals surface area contributed by atoms with Crippen LogP contribution in [0.25, 0.3) is 0 Å². The van der Waals surface area contributed by atoms with Crippen molar-refractivity contribution < 1.29 is 19.8 Å². The number of hydrogen-bond donors (Lipinski definition) is 4. The van der Waals surface area contributed by atoms with Gasteiger partial charge >= 0.3 is 5.91 Å². The fourth-order valence-electron chi connectivity index (χ4n) is 4.38. The second-order valence-corrected chi connectivity index (χ2v) is 8.28. The van der Waals surface area contributed by atoms with Crippen LogP contribution in [0.15, 0.2) is 18.5 Å². The number of rotatable bonds is 7. The van der Waals surface area contributed by atoms with Gasteiger partial charge in [0.25, 0.3) is 5.71 Å². The molecule has 1 saturated carbocycles. The van der Waals surface area contributed by atoms with Crippen molar-refractivity contribution in [3.05, 3.63) is 24.0 Å². The van der Waals surface area contributed by atoms with Gasteiger partial charge in [0.05, 0.1) is 24.0 Å². The summed E-state index contributed by atoms with van der Waals surface area (Å²) >= 11 is 0. The van der Waals surface area contributed by atoms with E-state index in [1.165, 1.54) is 18.8 Å². The predicted octanol–water partition coefficient (Wildman–Crippen LogP) is -0.787. The lowest BCUT2D eigenvalue weighted by atomic mass is 9.87. The molecule has 3 rings (SSSR count). The van der Waals surface area contributed by atoms with Crippen molar-refractivity contribution in [2.75, 3.05) is 18.4 Å². The number of carbonyl (C=O) groups excluding carboxylic acids is 3. The van der Waals surface area contributed by atoms with Crippen LogP contribution in [-0.4, -0.2) is 58.5 Å². The molecule has 1 aromatic rings. The lowest BCUT2D eigenvalue weighted by Crippen LogP contribution is -2.51. The second-order valence-electron chi connectivity index (χ2n) is 8.28. The molecule has 0 radical (unpaired) electrons. The van der Waals surface area contributed by atoms with Gasteiger partial charge in [-0.2, -0.15) is 0 Å². The lowest BCUT2D eigenvalue weighted by molar-refractivity contribution is -0.137. The normalized spacial score (nSPS) is 23.6. The van der Waals surface area contributed by atoms with Crippen LogP contribution in [0.3, 0.4) is 0 Å². The molecule has 30 heavy (non-hydrogen) atoms. The topological polar surface area (TPSA) is 143 Å². The van der Waals surface area contributed by atoms with Crippen molar-refractivity contribution in [3.8, 4) is 0 Å². The Morgan fingerprint density at radius 3 is 2.80 bits per heavy atom. The smallest absolute Gasteiger partial charge is 0.313 e. The van der Waals surface area contributed by atoms with Crippen molar-refractivity contribution in [2.24, 2.45) is 11.7 Å². The lowest BCUT2D eigenvalue weighted by Gasteiger charge is -2.30. The number of primary amides is 1. The standard InChI is InChI=1S/C21H30N6O3/c1-13-4-2-5-14(10-13)26-21(30)17-6-3-9-27(17)18(28)12-25-16-11-24-8-7-15(16)19(22)20(23)29/h7-8,11,13-14,17,22,25H,2-6,9-10,12H2,1H3,(H2,23,29)(H,26,30)/p+1/t13-,14?,17-/m0/s1. The average molecular weight is 416 g/mol. The number of likely N-dealkylation sites (tertiary alicyclic amines) is 1. The van der Waals surface area contributed by atoms with Crippen LogP contribution in [0, 0.1) is 5.92 Å². The Kier molecular flexibility index (Phi) is 7.02. The van der Waals surface area contributed by atoms with Gasteiger partial charge in [-0.3, -0.25) is 19.4 Å². The van der Waals surface area contributed by atoms with Gasteiger partial charge in [-0.15, -0.1) is 0 Å². The van der Waals surface area contributed by atoms with Crippen LogP contribution in [0.1, 0.15) is 51.0 Å². The zero-order valence-corrected chi connectivity index (χ0v) is 17.4. The largest absolute Gasteiger partial charge is 0.374 e. The highest BCUT2D eigenvalue weighted by Crippen LogP contribution is 2.25. The van der Waals surface area contributed by atoms with Gasteiger partial charge in [-0.05, 0) is 37.7 Å². The van der Waals surface area contributed by atoms with Crippen LogP contribution in [-0.2, 0) is 14.4 Å². The minimum Gasteiger partial charge on any atom is -0.374 e. The van der Waals surface area contributed by atoms with E-state index in [0.717, 1.165) is 25.7 Å². The van der Waals surface area contributed by atoms with E-state index < -0.39 is 11.9 Å². The molecule has 2 fully saturated rings. The molecule has 1 aromatic heterocycles. The molecule has 1 aliphatic heterocycles. The van der Waals surface area contributed by atoms with E-state index in [9.17, 15) is 14.4 Å². The molecular formula is C21H31N6O3+. The number of nitrogens with two attached hydrogens (primary N) is 2. The molecule has 3 amide bonds. The summed E-state index contributed by atoms with van der Waals surface area (Å²) in [5.74, 6) is -0.373. The zero-order chi connectivity index (χ0) is 21.7. The predicted molar refractivity (Wildman–Crippen MR) is 112 cm³/mol. The Morgan fingerprint density at radius 2 is 2.07 bits per heavy atom. The molecule has 6 N–H and O–H groups in total. The molecule has 0 spiro atoms. The summed E-state index contributed by atoms with van der Waals surface area (Å²) < 4.78 is 0. The van der Waals surface area contributed by atoms with Crippen molar-refractivity contribution in [1.82, 2.24) is 15.2 Å². The Hall–Kier alpha value is -2.97. The summed E-state index contributed by atoms with van der Waals surface area (Å²) in [5, 5.41) is 11.9. The summed E-state index contributed by atoms with van der Waals surface area (Å²) in [7, 11) is 0. The van der Waals surface area contributed by atoms with Crippen LogP contribution < -0.4 is 21.8 Å². The minimum atomic E-state index is -0.746. The first-order valence-corrected chi connectivity index (χ1v) is 10.6. The fourth-order valence-corrected chi connectivity index (χ4v) is 4.38. The Labute approximate surface area is 176 Å². The van der Waals surface area contributed by atoms with Gasteiger partial charge < -0.3 is 21.3 Å². The van der Waals surface area contributed by atoms with Crippen LogP contribution in [0.4, 0.5) is 5.69 Å². The summed E-state index contributed by atoms with van der Waals surface area (Å²) in [4.78, 5) is 42.7. The maximum atomic E-state index is 12.8. The first-order chi connectivity index (χ1) is 14.4. The van der Waals surface area contributed by atoms with Gasteiger partial charge in [-0.25, -0.2) is 5.41 Å². The van der Waals surface area contributed by atoms with Gasteiger partial charge in [0.1, 0.15) is 6.04 Å². The molecule has 1 aliphatic carbocycles. The third kappa shape index (κ3) is 5.14. The molecule has 1 saturated heterocycles. The minimum absolute atomic E-state index is 0.0328. The van der Waals surface area contributed by atoms with Gasteiger partial charge in [0.2, 0.25) is 11.8 Å². The molecule has 2 heterocycles. The first kappa shape index (κ1) is 21.7. The SMILES string of the molecule is C[C@H]1CCCC(NC(=O)[C@@H]2CCCN2C(=O)CNc2cnccc2C(=[NH2+])C(N)=O)C1. The number of carbonyl (C=O) groups is 3. The van der Waals surface area contributed by atoms with E-state index in [4.69, 9.17) is 11.1 Å². The zero-order valence-electron chi connectivity index (χ0n) is 17.4. The Balaban J connectivity index is 1.59. The summed E-state index contributed by atoms with van der Waals surface area (Å²) in [6.07, 6.45) is 8.77. The molecule has 0 aromatic carbocycles. The number of hydrogen-bond acceptors (Lipinski definition) is 5. The molecule has 1 unspecified atom stereocenters. The third-order valence-corrected chi connectivity index (χ3v) is 5.97. The summed E-state index contributed by atoms with van der Waals surface area (Å²) in [5.41, 5.74) is 6.00. The van der Waals surface area contributed by atoms with Gasteiger partial charge in [0.15, 0.2) is 0 Å². The van der Waals surface area contributed by atoms with E-state index in [-0.39, 0.29) is 30.1 Å². The third-order valence-electron chi connectivity index (χ3n) is 5.97. The van der Waals surface area contributed by atoms with E-state index >= 15 is 0 Å². The van der Waals surface area contributed by atoms with Gasteiger partial charge in [-0.1, -0.05) is 19.8 Å². The highest BCUT2D eigenvalue weighted by molar-refractivity contribution is 6.43. The molecule has 0 bridgehead atoms. The van der Waals surface area contributed by atoms with Crippen molar-refractivity contribution >= 4 is 29.1 Å². The maximum absolute atomic E-state index is 12.8. The van der Waals surface area contributed by atoms with Crippen LogP contribution in [0.2, 0.25) is 0 Å². The molecule has 162 valence electrons. The summed E-state index contributed by atoms with van der Waals surface area (Å²) in [6.45, 7) is 2.73. The van der Waals surface area contributed by atoms with Crippen molar-refractivity contribution in [3.63, 3.8) is 0 Å². The van der Waals surface area contributed by atoms with Crippen LogP contribution in [0.5, 0.6) is 0 Å². The first-order valence-electron chi connectivity index (χ1n) is 10.6. The van der Waals surface area contributed by atoms with E-state index in [1.807, 2.05) is 0 Å². The fraction of sp³-hybridized carbons (Fsp3) is 0.571. The number of anilines is 1. The molecule has 3 atom stereocenters. The molecular weight excluding hydrogens is 384 g/mol. The number of nitrogens with zero attached hydrogens (tertiary/aromatic N) is 2. The maximum Gasteiger partial charge on any atom is 0.313 e.